The first-order chi connectivity index (χ1) is 6.25. The molecule has 1 unspecified atom stereocenters. The molecule has 1 saturated heterocycles. The summed E-state index contributed by atoms with van der Waals surface area (Å²) in [5, 5.41) is 9.15. The van der Waals surface area contributed by atoms with E-state index in [0.717, 1.165) is 17.9 Å². The SMILES string of the molecule is Cc1cc(O)ccc1OCC1CO1. The summed E-state index contributed by atoms with van der Waals surface area (Å²) in [5.74, 6) is 1.08. The molecule has 0 bridgehead atoms. The molecule has 1 N–H and O–H groups in total. The molecule has 0 amide bonds. The van der Waals surface area contributed by atoms with E-state index in [0.29, 0.717) is 6.61 Å². The fourth-order valence-corrected chi connectivity index (χ4v) is 1.14. The fraction of sp³-hybridized carbons (Fsp3) is 0.400. The summed E-state index contributed by atoms with van der Waals surface area (Å²) in [5.41, 5.74) is 0.945. The molecule has 1 atom stereocenters. The highest BCUT2D eigenvalue weighted by atomic mass is 16.6. The van der Waals surface area contributed by atoms with Crippen molar-refractivity contribution in [2.24, 2.45) is 0 Å². The number of aryl methyl sites for hydroxylation is 1. The Morgan fingerprint density at radius 2 is 2.38 bits per heavy atom. The van der Waals surface area contributed by atoms with E-state index in [9.17, 15) is 0 Å². The van der Waals surface area contributed by atoms with Crippen LogP contribution in [0.25, 0.3) is 0 Å². The number of hydrogen-bond donors (Lipinski definition) is 1. The summed E-state index contributed by atoms with van der Waals surface area (Å²) in [7, 11) is 0. The first kappa shape index (κ1) is 8.38. The van der Waals surface area contributed by atoms with E-state index in [-0.39, 0.29) is 11.9 Å². The number of benzene rings is 1. The molecule has 2 rings (SSSR count). The predicted molar refractivity (Wildman–Crippen MR) is 48.1 cm³/mol. The first-order valence-electron chi connectivity index (χ1n) is 4.30. The molecule has 1 aliphatic heterocycles. The number of epoxide rings is 1. The molecule has 3 heteroatoms. The number of phenols is 1. The lowest BCUT2D eigenvalue weighted by molar-refractivity contribution is 0.261. The molecular formula is C10H12O3. The third-order valence-corrected chi connectivity index (χ3v) is 1.99. The van der Waals surface area contributed by atoms with Crippen LogP contribution in [0.5, 0.6) is 11.5 Å². The second-order valence-electron chi connectivity index (χ2n) is 3.22. The zero-order valence-corrected chi connectivity index (χ0v) is 7.49. The minimum atomic E-state index is 0.271. The number of hydrogen-bond acceptors (Lipinski definition) is 3. The summed E-state index contributed by atoms with van der Waals surface area (Å²) in [6.45, 7) is 3.31. The van der Waals surface area contributed by atoms with Gasteiger partial charge in [-0.05, 0) is 30.7 Å². The van der Waals surface area contributed by atoms with Crippen LogP contribution < -0.4 is 4.74 Å². The van der Waals surface area contributed by atoms with Gasteiger partial charge in [0.1, 0.15) is 24.2 Å². The number of aromatic hydroxyl groups is 1. The van der Waals surface area contributed by atoms with Gasteiger partial charge >= 0.3 is 0 Å². The molecule has 1 heterocycles. The maximum absolute atomic E-state index is 9.15. The molecule has 13 heavy (non-hydrogen) atoms. The lowest BCUT2D eigenvalue weighted by atomic mass is 10.2. The fourth-order valence-electron chi connectivity index (χ4n) is 1.14. The Morgan fingerprint density at radius 3 is 3.00 bits per heavy atom. The van der Waals surface area contributed by atoms with Gasteiger partial charge in [0.25, 0.3) is 0 Å². The lowest BCUT2D eigenvalue weighted by Gasteiger charge is -2.07. The molecule has 70 valence electrons. The molecule has 0 aromatic heterocycles. The molecule has 0 saturated carbocycles. The Bertz CT molecular complexity index is 305. The average Bonchev–Trinajstić information content (AvgIpc) is 2.86. The molecule has 1 fully saturated rings. The van der Waals surface area contributed by atoms with Crippen molar-refractivity contribution < 1.29 is 14.6 Å². The van der Waals surface area contributed by atoms with Gasteiger partial charge in [0, 0.05) is 0 Å². The molecule has 0 radical (unpaired) electrons. The van der Waals surface area contributed by atoms with Crippen molar-refractivity contribution in [3.63, 3.8) is 0 Å². The normalized spacial score (nSPS) is 19.9. The Hall–Kier alpha value is -1.22. The van der Waals surface area contributed by atoms with Crippen molar-refractivity contribution in [3.8, 4) is 11.5 Å². The standard InChI is InChI=1S/C10H12O3/c1-7-4-8(11)2-3-10(7)13-6-9-5-12-9/h2-4,9,11H,5-6H2,1H3. The van der Waals surface area contributed by atoms with Gasteiger partial charge < -0.3 is 14.6 Å². The van der Waals surface area contributed by atoms with Crippen molar-refractivity contribution in [2.75, 3.05) is 13.2 Å². The van der Waals surface area contributed by atoms with Gasteiger partial charge in [0.05, 0.1) is 6.61 Å². The Kier molecular flexibility index (Phi) is 2.10. The van der Waals surface area contributed by atoms with Gasteiger partial charge in [-0.3, -0.25) is 0 Å². The van der Waals surface area contributed by atoms with Gasteiger partial charge in [-0.2, -0.15) is 0 Å². The zero-order chi connectivity index (χ0) is 9.26. The quantitative estimate of drug-likeness (QED) is 0.716. The molecule has 1 aromatic carbocycles. The number of phenolic OH excluding ortho intramolecular Hbond substituents is 1. The first-order valence-corrected chi connectivity index (χ1v) is 4.30. The Labute approximate surface area is 76.9 Å². The van der Waals surface area contributed by atoms with Crippen LogP contribution in [0.4, 0.5) is 0 Å². The Balaban J connectivity index is 2.01. The third-order valence-electron chi connectivity index (χ3n) is 1.99. The van der Waals surface area contributed by atoms with E-state index in [2.05, 4.69) is 0 Å². The maximum Gasteiger partial charge on any atom is 0.122 e. The van der Waals surface area contributed by atoms with Crippen molar-refractivity contribution in [2.45, 2.75) is 13.0 Å². The second kappa shape index (κ2) is 3.26. The molecule has 1 aromatic rings. The minimum absolute atomic E-state index is 0.271. The summed E-state index contributed by atoms with van der Waals surface area (Å²) >= 11 is 0. The van der Waals surface area contributed by atoms with Crippen LogP contribution in [0.1, 0.15) is 5.56 Å². The van der Waals surface area contributed by atoms with Gasteiger partial charge in [0.2, 0.25) is 0 Å². The van der Waals surface area contributed by atoms with E-state index in [1.54, 1.807) is 18.2 Å². The van der Waals surface area contributed by atoms with Crippen LogP contribution in [0, 0.1) is 6.92 Å². The summed E-state index contributed by atoms with van der Waals surface area (Å²) < 4.78 is 10.5. The molecule has 1 aliphatic rings. The van der Waals surface area contributed by atoms with E-state index < -0.39 is 0 Å². The van der Waals surface area contributed by atoms with Crippen LogP contribution >= 0.6 is 0 Å². The number of ether oxygens (including phenoxy) is 2. The highest BCUT2D eigenvalue weighted by Crippen LogP contribution is 2.23. The van der Waals surface area contributed by atoms with E-state index in [4.69, 9.17) is 14.6 Å². The van der Waals surface area contributed by atoms with E-state index in [1.807, 2.05) is 6.92 Å². The predicted octanol–water partition coefficient (Wildman–Crippen LogP) is 1.48. The Morgan fingerprint density at radius 1 is 1.62 bits per heavy atom. The van der Waals surface area contributed by atoms with Crippen molar-refractivity contribution in [3.05, 3.63) is 23.8 Å². The molecular weight excluding hydrogens is 168 g/mol. The highest BCUT2D eigenvalue weighted by molar-refractivity contribution is 5.38. The topological polar surface area (TPSA) is 42.0 Å². The van der Waals surface area contributed by atoms with Crippen LogP contribution in [0.15, 0.2) is 18.2 Å². The van der Waals surface area contributed by atoms with Crippen molar-refractivity contribution in [1.82, 2.24) is 0 Å². The van der Waals surface area contributed by atoms with Gasteiger partial charge in [-0.1, -0.05) is 0 Å². The monoisotopic (exact) mass is 180 g/mol. The second-order valence-corrected chi connectivity index (χ2v) is 3.22. The van der Waals surface area contributed by atoms with E-state index in [1.165, 1.54) is 0 Å². The largest absolute Gasteiger partial charge is 0.508 e. The highest BCUT2D eigenvalue weighted by Gasteiger charge is 2.23. The van der Waals surface area contributed by atoms with Crippen LogP contribution in [0.3, 0.4) is 0 Å². The van der Waals surface area contributed by atoms with Gasteiger partial charge in [-0.25, -0.2) is 0 Å². The van der Waals surface area contributed by atoms with E-state index >= 15 is 0 Å². The third kappa shape index (κ3) is 2.12. The molecule has 0 aliphatic carbocycles. The minimum Gasteiger partial charge on any atom is -0.508 e. The van der Waals surface area contributed by atoms with Crippen molar-refractivity contribution >= 4 is 0 Å². The van der Waals surface area contributed by atoms with Crippen LogP contribution in [0.2, 0.25) is 0 Å². The average molecular weight is 180 g/mol. The zero-order valence-electron chi connectivity index (χ0n) is 7.49. The maximum atomic E-state index is 9.15. The van der Waals surface area contributed by atoms with Gasteiger partial charge in [-0.15, -0.1) is 0 Å². The summed E-state index contributed by atoms with van der Waals surface area (Å²) in [4.78, 5) is 0. The van der Waals surface area contributed by atoms with Gasteiger partial charge in [0.15, 0.2) is 0 Å². The summed E-state index contributed by atoms with van der Waals surface area (Å²) in [6.07, 6.45) is 0.271. The molecule has 3 nitrogen and oxygen atoms in total. The van der Waals surface area contributed by atoms with Crippen LogP contribution in [-0.4, -0.2) is 24.4 Å². The van der Waals surface area contributed by atoms with Crippen LogP contribution in [-0.2, 0) is 4.74 Å². The van der Waals surface area contributed by atoms with Crippen molar-refractivity contribution in [1.29, 1.82) is 0 Å². The lowest BCUT2D eigenvalue weighted by Crippen LogP contribution is -2.04. The summed E-state index contributed by atoms with van der Waals surface area (Å²) in [6, 6.07) is 5.08. The smallest absolute Gasteiger partial charge is 0.122 e. The molecule has 0 spiro atoms. The number of rotatable bonds is 3.